The van der Waals surface area contributed by atoms with Crippen LogP contribution in [0.3, 0.4) is 0 Å². The van der Waals surface area contributed by atoms with Gasteiger partial charge < -0.3 is 5.32 Å². The van der Waals surface area contributed by atoms with Crippen LogP contribution in [0.2, 0.25) is 0 Å². The summed E-state index contributed by atoms with van der Waals surface area (Å²) < 4.78 is 0. The summed E-state index contributed by atoms with van der Waals surface area (Å²) in [7, 11) is 0. The topological polar surface area (TPSA) is 35.8 Å². The molecule has 0 heterocycles. The first-order valence-corrected chi connectivity index (χ1v) is 4.40. The first-order valence-electron chi connectivity index (χ1n) is 4.40. The Balaban J connectivity index is 2.45. The van der Waals surface area contributed by atoms with Crippen LogP contribution in [0.1, 0.15) is 33.1 Å². The fourth-order valence-electron chi connectivity index (χ4n) is 1.87. The minimum absolute atomic E-state index is 0.434. The highest BCUT2D eigenvalue weighted by atomic mass is 14.9. The molecule has 1 aliphatic rings. The molecular weight excluding hydrogens is 136 g/mol. The normalized spacial score (nSPS) is 37.7. The molecule has 62 valence electrons. The standard InChI is InChI=1S/C9H16N2/c1-7-4-3-5-9(8(7)2)11-6-10/h7-9,11H,3-5H2,1-2H3. The van der Waals surface area contributed by atoms with Crippen LogP contribution in [0.15, 0.2) is 0 Å². The molecule has 2 nitrogen and oxygen atoms in total. The Hall–Kier alpha value is -0.710. The van der Waals surface area contributed by atoms with Gasteiger partial charge in [-0.2, -0.15) is 5.26 Å². The maximum absolute atomic E-state index is 8.46. The lowest BCUT2D eigenvalue weighted by molar-refractivity contribution is 0.222. The first kappa shape index (κ1) is 8.39. The monoisotopic (exact) mass is 152 g/mol. The van der Waals surface area contributed by atoms with E-state index in [2.05, 4.69) is 19.2 Å². The zero-order valence-corrected chi connectivity index (χ0v) is 7.30. The smallest absolute Gasteiger partial charge is 0.176 e. The van der Waals surface area contributed by atoms with Gasteiger partial charge in [0.05, 0.1) is 0 Å². The highest BCUT2D eigenvalue weighted by Gasteiger charge is 2.26. The summed E-state index contributed by atoms with van der Waals surface area (Å²) in [6.45, 7) is 4.51. The highest BCUT2D eigenvalue weighted by molar-refractivity contribution is 4.86. The van der Waals surface area contributed by atoms with Crippen LogP contribution >= 0.6 is 0 Å². The molecule has 3 unspecified atom stereocenters. The summed E-state index contributed by atoms with van der Waals surface area (Å²) in [6, 6.07) is 0.434. The third kappa shape index (κ3) is 1.86. The number of hydrogen-bond donors (Lipinski definition) is 1. The summed E-state index contributed by atoms with van der Waals surface area (Å²) in [5.74, 6) is 1.43. The Morgan fingerprint density at radius 2 is 2.09 bits per heavy atom. The van der Waals surface area contributed by atoms with E-state index < -0.39 is 0 Å². The van der Waals surface area contributed by atoms with Gasteiger partial charge in [0.15, 0.2) is 6.19 Å². The Morgan fingerprint density at radius 3 is 2.73 bits per heavy atom. The van der Waals surface area contributed by atoms with Crippen molar-refractivity contribution in [3.63, 3.8) is 0 Å². The second-order valence-corrected chi connectivity index (χ2v) is 3.63. The summed E-state index contributed by atoms with van der Waals surface area (Å²) in [5.41, 5.74) is 0. The van der Waals surface area contributed by atoms with Gasteiger partial charge in [-0.1, -0.05) is 26.7 Å². The van der Waals surface area contributed by atoms with Gasteiger partial charge in [-0.15, -0.1) is 0 Å². The molecule has 1 saturated carbocycles. The summed E-state index contributed by atoms with van der Waals surface area (Å²) in [5, 5.41) is 11.3. The lowest BCUT2D eigenvalue weighted by Crippen LogP contribution is -2.38. The molecule has 2 heteroatoms. The van der Waals surface area contributed by atoms with E-state index in [1.54, 1.807) is 0 Å². The van der Waals surface area contributed by atoms with E-state index in [0.717, 1.165) is 5.92 Å². The van der Waals surface area contributed by atoms with Gasteiger partial charge in [0, 0.05) is 6.04 Å². The Morgan fingerprint density at radius 1 is 1.36 bits per heavy atom. The van der Waals surface area contributed by atoms with Crippen molar-refractivity contribution in [1.29, 1.82) is 5.26 Å². The third-order valence-corrected chi connectivity index (χ3v) is 2.96. The van der Waals surface area contributed by atoms with Crippen LogP contribution in [0.4, 0.5) is 0 Å². The van der Waals surface area contributed by atoms with E-state index in [1.807, 2.05) is 6.19 Å². The predicted octanol–water partition coefficient (Wildman–Crippen LogP) is 1.88. The molecule has 0 aliphatic heterocycles. The maximum Gasteiger partial charge on any atom is 0.176 e. The Labute approximate surface area is 68.6 Å². The van der Waals surface area contributed by atoms with Gasteiger partial charge in [0.25, 0.3) is 0 Å². The molecule has 0 bridgehead atoms. The molecule has 11 heavy (non-hydrogen) atoms. The molecule has 0 radical (unpaired) electrons. The average Bonchev–Trinajstić information content (AvgIpc) is 1.99. The number of hydrogen-bond acceptors (Lipinski definition) is 2. The largest absolute Gasteiger partial charge is 0.320 e. The number of rotatable bonds is 1. The Bertz CT molecular complexity index is 159. The molecule has 0 aromatic carbocycles. The van der Waals surface area contributed by atoms with E-state index in [-0.39, 0.29) is 0 Å². The van der Waals surface area contributed by atoms with Crippen LogP contribution in [0.25, 0.3) is 0 Å². The zero-order valence-electron chi connectivity index (χ0n) is 7.30. The minimum Gasteiger partial charge on any atom is -0.320 e. The molecule has 1 N–H and O–H groups in total. The van der Waals surface area contributed by atoms with Gasteiger partial charge in [-0.25, -0.2) is 0 Å². The van der Waals surface area contributed by atoms with Crippen molar-refractivity contribution in [2.24, 2.45) is 11.8 Å². The van der Waals surface area contributed by atoms with Gasteiger partial charge in [0.1, 0.15) is 0 Å². The SMILES string of the molecule is CC1CCCC(NC#N)C1C. The summed E-state index contributed by atoms with van der Waals surface area (Å²) >= 11 is 0. The van der Waals surface area contributed by atoms with Crippen LogP contribution < -0.4 is 5.32 Å². The quantitative estimate of drug-likeness (QED) is 0.460. The first-order chi connectivity index (χ1) is 5.25. The van der Waals surface area contributed by atoms with Crippen LogP contribution in [-0.2, 0) is 0 Å². The highest BCUT2D eigenvalue weighted by Crippen LogP contribution is 2.29. The molecule has 0 saturated heterocycles. The van der Waals surface area contributed by atoms with Crippen molar-refractivity contribution in [3.05, 3.63) is 0 Å². The molecular formula is C9H16N2. The molecule has 1 rings (SSSR count). The van der Waals surface area contributed by atoms with Gasteiger partial charge in [-0.3, -0.25) is 0 Å². The van der Waals surface area contributed by atoms with Crippen LogP contribution in [-0.4, -0.2) is 6.04 Å². The second-order valence-electron chi connectivity index (χ2n) is 3.63. The van der Waals surface area contributed by atoms with Gasteiger partial charge in [0.2, 0.25) is 0 Å². The minimum atomic E-state index is 0.434. The van der Waals surface area contributed by atoms with Crippen molar-refractivity contribution in [1.82, 2.24) is 5.32 Å². The summed E-state index contributed by atoms with van der Waals surface area (Å²) in [4.78, 5) is 0. The van der Waals surface area contributed by atoms with Crippen molar-refractivity contribution in [3.8, 4) is 6.19 Å². The number of nitrogens with one attached hydrogen (secondary N) is 1. The third-order valence-electron chi connectivity index (χ3n) is 2.96. The molecule has 0 spiro atoms. The molecule has 0 aromatic heterocycles. The predicted molar refractivity (Wildman–Crippen MR) is 44.7 cm³/mol. The lowest BCUT2D eigenvalue weighted by Gasteiger charge is -2.32. The molecule has 1 aliphatic carbocycles. The van der Waals surface area contributed by atoms with E-state index in [1.165, 1.54) is 19.3 Å². The Kier molecular flexibility index (Phi) is 2.76. The van der Waals surface area contributed by atoms with Gasteiger partial charge >= 0.3 is 0 Å². The van der Waals surface area contributed by atoms with Crippen molar-refractivity contribution >= 4 is 0 Å². The lowest BCUT2D eigenvalue weighted by atomic mass is 9.78. The van der Waals surface area contributed by atoms with E-state index >= 15 is 0 Å². The number of nitrogens with zero attached hydrogens (tertiary/aromatic N) is 1. The van der Waals surface area contributed by atoms with Crippen molar-refractivity contribution in [2.75, 3.05) is 0 Å². The maximum atomic E-state index is 8.46. The van der Waals surface area contributed by atoms with Crippen LogP contribution in [0.5, 0.6) is 0 Å². The van der Waals surface area contributed by atoms with Gasteiger partial charge in [-0.05, 0) is 18.3 Å². The average molecular weight is 152 g/mol. The zero-order chi connectivity index (χ0) is 8.27. The molecule has 1 fully saturated rings. The van der Waals surface area contributed by atoms with Crippen molar-refractivity contribution < 1.29 is 0 Å². The summed E-state index contributed by atoms with van der Waals surface area (Å²) in [6.07, 6.45) is 5.80. The second kappa shape index (κ2) is 3.61. The fraction of sp³-hybridized carbons (Fsp3) is 0.889. The van der Waals surface area contributed by atoms with Crippen LogP contribution in [0, 0.1) is 23.3 Å². The fourth-order valence-corrected chi connectivity index (χ4v) is 1.87. The van der Waals surface area contributed by atoms with E-state index in [0.29, 0.717) is 12.0 Å². The molecule has 0 aromatic rings. The molecule has 0 amide bonds. The number of nitriles is 1. The van der Waals surface area contributed by atoms with E-state index in [9.17, 15) is 0 Å². The van der Waals surface area contributed by atoms with Crippen molar-refractivity contribution in [2.45, 2.75) is 39.2 Å². The van der Waals surface area contributed by atoms with E-state index in [4.69, 9.17) is 5.26 Å². The molecule has 3 atom stereocenters.